The molecule has 0 saturated carbocycles. The van der Waals surface area contributed by atoms with Crippen molar-refractivity contribution >= 4 is 17.5 Å². The zero-order chi connectivity index (χ0) is 12.4. The third-order valence-corrected chi connectivity index (χ3v) is 3.37. The van der Waals surface area contributed by atoms with Gasteiger partial charge in [-0.15, -0.1) is 0 Å². The van der Waals surface area contributed by atoms with Gasteiger partial charge in [-0.2, -0.15) is 0 Å². The van der Waals surface area contributed by atoms with E-state index < -0.39 is 0 Å². The molecule has 2 heterocycles. The number of hydrogen-bond acceptors (Lipinski definition) is 4. The molecular weight excluding hydrogens is 248 g/mol. The van der Waals surface area contributed by atoms with Crippen molar-refractivity contribution in [1.82, 2.24) is 15.0 Å². The SMILES string of the molecule is Clc1nc(NCc2cccnc2)nc2c1CCC2. The summed E-state index contributed by atoms with van der Waals surface area (Å²) >= 11 is 6.15. The van der Waals surface area contributed by atoms with Gasteiger partial charge in [0.05, 0.1) is 5.69 Å². The highest BCUT2D eigenvalue weighted by Crippen LogP contribution is 2.27. The number of pyridine rings is 1. The lowest BCUT2D eigenvalue weighted by Crippen LogP contribution is -2.06. The number of rotatable bonds is 3. The van der Waals surface area contributed by atoms with E-state index in [1.165, 1.54) is 0 Å². The maximum Gasteiger partial charge on any atom is 0.224 e. The van der Waals surface area contributed by atoms with Crippen molar-refractivity contribution in [3.05, 3.63) is 46.5 Å². The molecular formula is C13H13ClN4. The molecule has 0 unspecified atom stereocenters. The van der Waals surface area contributed by atoms with Gasteiger partial charge in [0.2, 0.25) is 5.95 Å². The Morgan fingerprint density at radius 3 is 3.06 bits per heavy atom. The topological polar surface area (TPSA) is 50.7 Å². The molecule has 0 aromatic carbocycles. The molecule has 0 aliphatic heterocycles. The number of nitrogens with one attached hydrogen (secondary N) is 1. The second-order valence-corrected chi connectivity index (χ2v) is 4.69. The molecule has 1 aliphatic carbocycles. The van der Waals surface area contributed by atoms with Crippen LogP contribution in [0.5, 0.6) is 0 Å². The van der Waals surface area contributed by atoms with Crippen molar-refractivity contribution in [2.24, 2.45) is 0 Å². The minimum atomic E-state index is 0.589. The van der Waals surface area contributed by atoms with Crippen LogP contribution in [0.1, 0.15) is 23.2 Å². The molecule has 0 atom stereocenters. The van der Waals surface area contributed by atoms with Gasteiger partial charge in [0.1, 0.15) is 5.15 Å². The lowest BCUT2D eigenvalue weighted by Gasteiger charge is -2.07. The molecule has 0 bridgehead atoms. The molecule has 18 heavy (non-hydrogen) atoms. The first kappa shape index (κ1) is 11.4. The number of nitrogens with zero attached hydrogens (tertiary/aromatic N) is 3. The lowest BCUT2D eigenvalue weighted by atomic mass is 10.3. The van der Waals surface area contributed by atoms with Crippen LogP contribution in [0.25, 0.3) is 0 Å². The summed E-state index contributed by atoms with van der Waals surface area (Å²) in [6, 6.07) is 3.92. The average Bonchev–Trinajstić information content (AvgIpc) is 2.86. The summed E-state index contributed by atoms with van der Waals surface area (Å²) in [5.74, 6) is 0.601. The molecule has 0 fully saturated rings. The van der Waals surface area contributed by atoms with Crippen LogP contribution in [0.4, 0.5) is 5.95 Å². The van der Waals surface area contributed by atoms with E-state index in [1.54, 1.807) is 6.20 Å². The van der Waals surface area contributed by atoms with Gasteiger partial charge in [0, 0.05) is 24.5 Å². The van der Waals surface area contributed by atoms with E-state index in [9.17, 15) is 0 Å². The molecule has 1 aliphatic rings. The molecule has 3 rings (SSSR count). The average molecular weight is 261 g/mol. The van der Waals surface area contributed by atoms with Crippen molar-refractivity contribution in [1.29, 1.82) is 0 Å². The van der Waals surface area contributed by atoms with E-state index in [4.69, 9.17) is 11.6 Å². The Morgan fingerprint density at radius 1 is 1.28 bits per heavy atom. The Kier molecular flexibility index (Phi) is 3.11. The standard InChI is InChI=1S/C13H13ClN4/c14-12-10-4-1-5-11(10)17-13(18-12)16-8-9-3-2-6-15-7-9/h2-3,6-7H,1,4-5,8H2,(H,16,17,18). The number of halogens is 1. The van der Waals surface area contributed by atoms with Crippen LogP contribution in [-0.4, -0.2) is 15.0 Å². The Labute approximate surface area is 110 Å². The summed E-state index contributed by atoms with van der Waals surface area (Å²) in [6.45, 7) is 0.656. The molecule has 1 N–H and O–H groups in total. The van der Waals surface area contributed by atoms with E-state index in [0.29, 0.717) is 17.6 Å². The highest BCUT2D eigenvalue weighted by molar-refractivity contribution is 6.30. The fourth-order valence-electron chi connectivity index (χ4n) is 2.15. The lowest BCUT2D eigenvalue weighted by molar-refractivity contribution is 0.898. The van der Waals surface area contributed by atoms with Crippen LogP contribution in [0.2, 0.25) is 5.15 Å². The minimum absolute atomic E-state index is 0.589. The van der Waals surface area contributed by atoms with Gasteiger partial charge in [0.25, 0.3) is 0 Å². The predicted molar refractivity (Wildman–Crippen MR) is 70.6 cm³/mol. The molecule has 2 aromatic heterocycles. The zero-order valence-electron chi connectivity index (χ0n) is 9.86. The fraction of sp³-hybridized carbons (Fsp3) is 0.308. The summed E-state index contributed by atoms with van der Waals surface area (Å²) in [4.78, 5) is 12.9. The van der Waals surface area contributed by atoms with Crippen LogP contribution in [0.15, 0.2) is 24.5 Å². The van der Waals surface area contributed by atoms with Crippen molar-refractivity contribution in [2.75, 3.05) is 5.32 Å². The van der Waals surface area contributed by atoms with Crippen LogP contribution in [0.3, 0.4) is 0 Å². The summed E-state index contributed by atoms with van der Waals surface area (Å²) < 4.78 is 0. The Hall–Kier alpha value is -1.68. The third-order valence-electron chi connectivity index (χ3n) is 3.06. The highest BCUT2D eigenvalue weighted by Gasteiger charge is 2.17. The van der Waals surface area contributed by atoms with Gasteiger partial charge >= 0.3 is 0 Å². The van der Waals surface area contributed by atoms with Crippen molar-refractivity contribution < 1.29 is 0 Å². The molecule has 2 aromatic rings. The van der Waals surface area contributed by atoms with Gasteiger partial charge in [-0.1, -0.05) is 17.7 Å². The molecule has 0 radical (unpaired) electrons. The largest absolute Gasteiger partial charge is 0.350 e. The van der Waals surface area contributed by atoms with Crippen molar-refractivity contribution in [3.8, 4) is 0 Å². The Balaban J connectivity index is 1.76. The number of anilines is 1. The van der Waals surface area contributed by atoms with Gasteiger partial charge in [0.15, 0.2) is 0 Å². The van der Waals surface area contributed by atoms with Gasteiger partial charge < -0.3 is 5.32 Å². The summed E-state index contributed by atoms with van der Waals surface area (Å²) in [7, 11) is 0. The summed E-state index contributed by atoms with van der Waals surface area (Å²) in [6.07, 6.45) is 6.69. The van der Waals surface area contributed by atoms with Crippen molar-refractivity contribution in [2.45, 2.75) is 25.8 Å². The predicted octanol–water partition coefficient (Wildman–Crippen LogP) is 2.63. The molecule has 4 nitrogen and oxygen atoms in total. The maximum atomic E-state index is 6.15. The quantitative estimate of drug-likeness (QED) is 0.862. The van der Waals surface area contributed by atoms with Crippen LogP contribution in [0, 0.1) is 0 Å². The van der Waals surface area contributed by atoms with E-state index in [2.05, 4.69) is 20.3 Å². The molecule has 0 amide bonds. The third kappa shape index (κ3) is 2.29. The van der Waals surface area contributed by atoms with Crippen LogP contribution in [-0.2, 0) is 19.4 Å². The zero-order valence-corrected chi connectivity index (χ0v) is 10.6. The van der Waals surface area contributed by atoms with Gasteiger partial charge in [-0.05, 0) is 30.9 Å². The number of aryl methyl sites for hydroxylation is 1. The number of fused-ring (bicyclic) bond motifs is 1. The van der Waals surface area contributed by atoms with E-state index in [-0.39, 0.29) is 0 Å². The first-order valence-electron chi connectivity index (χ1n) is 6.01. The van der Waals surface area contributed by atoms with Gasteiger partial charge in [-0.3, -0.25) is 4.98 Å². The Morgan fingerprint density at radius 2 is 2.22 bits per heavy atom. The fourth-order valence-corrected chi connectivity index (χ4v) is 2.43. The second-order valence-electron chi connectivity index (χ2n) is 4.33. The van der Waals surface area contributed by atoms with E-state index in [0.717, 1.165) is 36.1 Å². The second kappa shape index (κ2) is 4.90. The smallest absolute Gasteiger partial charge is 0.224 e. The highest BCUT2D eigenvalue weighted by atomic mass is 35.5. The molecule has 92 valence electrons. The molecule has 5 heteroatoms. The molecule has 0 spiro atoms. The monoisotopic (exact) mass is 260 g/mol. The molecule has 0 saturated heterocycles. The first-order chi connectivity index (χ1) is 8.83. The van der Waals surface area contributed by atoms with Gasteiger partial charge in [-0.25, -0.2) is 9.97 Å². The minimum Gasteiger partial charge on any atom is -0.350 e. The summed E-state index contributed by atoms with van der Waals surface area (Å²) in [5.41, 5.74) is 3.30. The van der Waals surface area contributed by atoms with E-state index >= 15 is 0 Å². The number of hydrogen-bond donors (Lipinski definition) is 1. The maximum absolute atomic E-state index is 6.15. The van der Waals surface area contributed by atoms with Crippen LogP contribution < -0.4 is 5.32 Å². The van der Waals surface area contributed by atoms with Crippen LogP contribution >= 0.6 is 11.6 Å². The van der Waals surface area contributed by atoms with E-state index in [1.807, 2.05) is 18.3 Å². The van der Waals surface area contributed by atoms with Crippen molar-refractivity contribution in [3.63, 3.8) is 0 Å². The first-order valence-corrected chi connectivity index (χ1v) is 6.39. The normalized spacial score (nSPS) is 13.4. The Bertz CT molecular complexity index is 556. The summed E-state index contributed by atoms with van der Waals surface area (Å²) in [5, 5.41) is 3.77. The number of aromatic nitrogens is 3.